The Bertz CT molecular complexity index is 1490. The lowest BCUT2D eigenvalue weighted by Crippen LogP contribution is -2.38. The van der Waals surface area contributed by atoms with Crippen molar-refractivity contribution in [3.63, 3.8) is 0 Å². The van der Waals surface area contributed by atoms with Gasteiger partial charge in [0.1, 0.15) is 0 Å². The molecule has 0 aliphatic carbocycles. The monoisotopic (exact) mass is 443 g/mol. The molecule has 0 N–H and O–H groups in total. The van der Waals surface area contributed by atoms with Crippen molar-refractivity contribution in [3.05, 3.63) is 126 Å². The number of hydrogen-bond acceptors (Lipinski definition) is 2. The normalized spacial score (nSPS) is 12.4. The average molecular weight is 444 g/mol. The van der Waals surface area contributed by atoms with Gasteiger partial charge in [-0.2, -0.15) is 0 Å². The predicted octanol–water partition coefficient (Wildman–Crippen LogP) is 6.11. The van der Waals surface area contributed by atoms with Crippen LogP contribution in [0, 0.1) is 0 Å². The summed E-state index contributed by atoms with van der Waals surface area (Å²) in [5.74, 6) is 1.19. The van der Waals surface area contributed by atoms with E-state index in [1.807, 2.05) is 111 Å². The van der Waals surface area contributed by atoms with Crippen LogP contribution in [0.25, 0.3) is 27.2 Å². The fraction of sp³-hybridized carbons (Fsp3) is 0.103. The second-order valence-electron chi connectivity index (χ2n) is 8.24. The van der Waals surface area contributed by atoms with Crippen LogP contribution in [0.4, 0.5) is 0 Å². The van der Waals surface area contributed by atoms with Crippen molar-refractivity contribution in [2.75, 3.05) is 0 Å². The van der Waals surface area contributed by atoms with Gasteiger partial charge in [-0.1, -0.05) is 95.8 Å². The van der Waals surface area contributed by atoms with Gasteiger partial charge in [0, 0.05) is 23.1 Å². The molecule has 5 rings (SSSR count). The minimum Gasteiger partial charge on any atom is -0.339 e. The van der Waals surface area contributed by atoms with Crippen LogP contribution in [0.1, 0.15) is 25.0 Å². The maximum atomic E-state index is 4.98. The minimum atomic E-state index is 0.0863. The van der Waals surface area contributed by atoms with E-state index in [0.29, 0.717) is 11.7 Å². The largest absolute Gasteiger partial charge is 0.339 e. The first-order valence-corrected chi connectivity index (χ1v) is 11.4. The van der Waals surface area contributed by atoms with Crippen LogP contribution in [0.5, 0.6) is 0 Å². The van der Waals surface area contributed by atoms with Crippen molar-refractivity contribution < 1.29 is 4.79 Å². The fourth-order valence-electron chi connectivity index (χ4n) is 3.82. The Morgan fingerprint density at radius 2 is 1.29 bits per heavy atom. The van der Waals surface area contributed by atoms with Gasteiger partial charge >= 0.3 is 0 Å². The third-order valence-corrected chi connectivity index (χ3v) is 5.36. The smallest absolute Gasteiger partial charge is 0.247 e. The van der Waals surface area contributed by atoms with Crippen LogP contribution in [0.3, 0.4) is 0 Å². The summed E-state index contributed by atoms with van der Waals surface area (Å²) < 4.78 is 0. The zero-order chi connectivity index (χ0) is 23.3. The molecule has 0 amide bonds. The first-order chi connectivity index (χ1) is 16.7. The molecule has 0 fully saturated rings. The third kappa shape index (κ3) is 4.55. The van der Waals surface area contributed by atoms with Gasteiger partial charge in [-0.05, 0) is 31.5 Å². The standard InChI is InChI=1S/C29H25N5/c1-21(2)30-28(22-13-5-3-6-14-22)31-29(23-15-7-4-8-16-23)33-34-27-20-12-10-18-25(27)24-17-9-11-19-26(24)32-34/h3-21H,1-2H3. The summed E-state index contributed by atoms with van der Waals surface area (Å²) in [6, 6.07) is 36.3. The van der Waals surface area contributed by atoms with Gasteiger partial charge < -0.3 is 4.99 Å². The van der Waals surface area contributed by atoms with Crippen molar-refractivity contribution in [3.8, 4) is 0 Å². The van der Waals surface area contributed by atoms with Crippen LogP contribution >= 0.6 is 0 Å². The molecule has 0 saturated heterocycles. The molecule has 34 heavy (non-hydrogen) atoms. The number of benzene rings is 4. The minimum absolute atomic E-state index is 0.0863. The van der Waals surface area contributed by atoms with E-state index in [9.17, 15) is 0 Å². The number of aromatic nitrogens is 2. The zero-order valence-electron chi connectivity index (χ0n) is 19.2. The van der Waals surface area contributed by atoms with Crippen LogP contribution < -0.4 is 4.79 Å². The molecule has 166 valence electrons. The van der Waals surface area contributed by atoms with E-state index in [4.69, 9.17) is 20.5 Å². The molecule has 0 radical (unpaired) electrons. The molecule has 5 nitrogen and oxygen atoms in total. The molecule has 5 heteroatoms. The number of aliphatic imine (C=N–C) groups is 2. The van der Waals surface area contributed by atoms with Crippen molar-refractivity contribution in [2.45, 2.75) is 19.9 Å². The lowest BCUT2D eigenvalue weighted by molar-refractivity contribution is -0.650. The van der Waals surface area contributed by atoms with Gasteiger partial charge in [0.15, 0.2) is 0 Å². The molecule has 0 aliphatic rings. The lowest BCUT2D eigenvalue weighted by atomic mass is 10.1. The quantitative estimate of drug-likeness (QED) is 0.143. The van der Waals surface area contributed by atoms with E-state index < -0.39 is 0 Å². The molecule has 0 bridgehead atoms. The van der Waals surface area contributed by atoms with E-state index in [0.717, 1.165) is 32.9 Å². The van der Waals surface area contributed by atoms with Crippen LogP contribution in [-0.4, -0.2) is 22.8 Å². The molecule has 0 unspecified atom stereocenters. The molecule has 5 aromatic rings. The summed E-state index contributed by atoms with van der Waals surface area (Å²) in [5, 5.41) is 7.02. The molecule has 4 aromatic carbocycles. The van der Waals surface area contributed by atoms with E-state index in [1.54, 1.807) is 4.79 Å². The SMILES string of the molecule is CC(C)N=C(N=C([N-][n+]1nc2ccccc2c2ccccc21)c1ccccc1)c1ccccc1. The second-order valence-corrected chi connectivity index (χ2v) is 8.24. The molecule has 0 spiro atoms. The van der Waals surface area contributed by atoms with Crippen molar-refractivity contribution in [2.24, 2.45) is 9.98 Å². The Morgan fingerprint density at radius 3 is 2.00 bits per heavy atom. The summed E-state index contributed by atoms with van der Waals surface area (Å²) in [6.07, 6.45) is 0. The number of amidine groups is 2. The Kier molecular flexibility index (Phi) is 6.08. The van der Waals surface area contributed by atoms with Gasteiger partial charge in [-0.25, -0.2) is 0 Å². The maximum absolute atomic E-state index is 4.98. The highest BCUT2D eigenvalue weighted by atomic mass is 15.6. The zero-order valence-corrected chi connectivity index (χ0v) is 19.2. The van der Waals surface area contributed by atoms with Gasteiger partial charge in [0.2, 0.25) is 5.52 Å². The Hall–Kier alpha value is -4.38. The Morgan fingerprint density at radius 1 is 0.706 bits per heavy atom. The summed E-state index contributed by atoms with van der Waals surface area (Å²) in [5.41, 5.74) is 8.57. The molecule has 0 aliphatic heterocycles. The van der Waals surface area contributed by atoms with E-state index in [2.05, 4.69) is 12.1 Å². The third-order valence-electron chi connectivity index (χ3n) is 5.36. The first kappa shape index (κ1) is 21.5. The Labute approximate surface area is 199 Å². The van der Waals surface area contributed by atoms with Gasteiger partial charge in [0.05, 0.1) is 22.6 Å². The fourth-order valence-corrected chi connectivity index (χ4v) is 3.82. The van der Waals surface area contributed by atoms with Gasteiger partial charge in [0.25, 0.3) is 0 Å². The molecular weight excluding hydrogens is 418 g/mol. The van der Waals surface area contributed by atoms with Gasteiger partial charge in [-0.15, -0.1) is 10.5 Å². The highest BCUT2D eigenvalue weighted by Gasteiger charge is 2.14. The average Bonchev–Trinajstić information content (AvgIpc) is 2.88. The number of fused-ring (bicyclic) bond motifs is 3. The van der Waals surface area contributed by atoms with Crippen molar-refractivity contribution in [1.29, 1.82) is 0 Å². The second kappa shape index (κ2) is 9.63. The first-order valence-electron chi connectivity index (χ1n) is 11.4. The van der Waals surface area contributed by atoms with Crippen LogP contribution in [0.15, 0.2) is 119 Å². The lowest BCUT2D eigenvalue weighted by Gasteiger charge is -2.15. The highest BCUT2D eigenvalue weighted by molar-refractivity contribution is 6.16. The van der Waals surface area contributed by atoms with Gasteiger partial charge in [-0.3, -0.25) is 4.99 Å². The van der Waals surface area contributed by atoms with Crippen LogP contribution in [-0.2, 0) is 0 Å². The van der Waals surface area contributed by atoms with E-state index >= 15 is 0 Å². The van der Waals surface area contributed by atoms with Crippen molar-refractivity contribution in [1.82, 2.24) is 5.10 Å². The molecule has 0 atom stereocenters. The number of hydrogen-bond donors (Lipinski definition) is 0. The topological polar surface area (TPSA) is 55.6 Å². The van der Waals surface area contributed by atoms with E-state index in [1.165, 1.54) is 0 Å². The highest BCUT2D eigenvalue weighted by Crippen LogP contribution is 2.21. The number of para-hydroxylation sites is 1. The summed E-state index contributed by atoms with van der Waals surface area (Å²) in [6.45, 7) is 4.09. The summed E-state index contributed by atoms with van der Waals surface area (Å²) >= 11 is 0. The Balaban J connectivity index is 1.69. The van der Waals surface area contributed by atoms with Crippen LogP contribution in [0.2, 0.25) is 0 Å². The maximum Gasteiger partial charge on any atom is 0.247 e. The molecule has 0 saturated carbocycles. The summed E-state index contributed by atoms with van der Waals surface area (Å²) in [4.78, 5) is 11.5. The predicted molar refractivity (Wildman–Crippen MR) is 139 cm³/mol. The molecular formula is C29H25N5. The number of nitrogens with zero attached hydrogens (tertiary/aromatic N) is 5. The number of rotatable bonds is 4. The van der Waals surface area contributed by atoms with Crippen molar-refractivity contribution >= 4 is 33.5 Å². The molecule has 1 aromatic heterocycles. The van der Waals surface area contributed by atoms with E-state index in [-0.39, 0.29) is 6.04 Å². The molecule has 1 heterocycles. The summed E-state index contributed by atoms with van der Waals surface area (Å²) in [7, 11) is 0.